The van der Waals surface area contributed by atoms with E-state index in [0.717, 1.165) is 16.9 Å². The fourth-order valence-corrected chi connectivity index (χ4v) is 2.47. The molecular weight excluding hydrogens is 260 g/mol. The van der Waals surface area contributed by atoms with Crippen LogP contribution in [0.5, 0.6) is 0 Å². The largest absolute Gasteiger partial charge is 0.326 e. The average molecular weight is 278 g/mol. The third kappa shape index (κ3) is 3.10. The maximum atomic E-state index is 11.9. The topological polar surface area (TPSA) is 49.4 Å². The number of carbonyl (C=O) groups excluding carboxylic acids is 2. The maximum Gasteiger partial charge on any atom is 0.228 e. The molecule has 4 nitrogen and oxygen atoms in total. The van der Waals surface area contributed by atoms with Crippen LogP contribution >= 0.6 is 12.6 Å². The van der Waals surface area contributed by atoms with Crippen molar-refractivity contribution in [1.82, 2.24) is 0 Å². The zero-order valence-corrected chi connectivity index (χ0v) is 12.0. The molecule has 102 valence electrons. The summed E-state index contributed by atoms with van der Waals surface area (Å²) in [7, 11) is 0. The van der Waals surface area contributed by atoms with Gasteiger partial charge in [0.25, 0.3) is 0 Å². The predicted octanol–water partition coefficient (Wildman–Crippen LogP) is 2.38. The smallest absolute Gasteiger partial charge is 0.228 e. The number of benzene rings is 1. The van der Waals surface area contributed by atoms with Gasteiger partial charge in [0.2, 0.25) is 11.8 Å². The number of rotatable bonds is 3. The number of nitrogens with one attached hydrogen (secondary N) is 1. The first-order valence-electron chi connectivity index (χ1n) is 6.40. The molecule has 1 N–H and O–H groups in total. The fourth-order valence-electron chi connectivity index (χ4n) is 2.15. The van der Waals surface area contributed by atoms with E-state index in [1.165, 1.54) is 0 Å². The monoisotopic (exact) mass is 278 g/mol. The summed E-state index contributed by atoms with van der Waals surface area (Å²) in [6, 6.07) is 5.62. The van der Waals surface area contributed by atoms with Gasteiger partial charge in [-0.25, -0.2) is 0 Å². The second-order valence-corrected chi connectivity index (χ2v) is 5.50. The van der Waals surface area contributed by atoms with Gasteiger partial charge in [-0.1, -0.05) is 13.0 Å². The zero-order valence-electron chi connectivity index (χ0n) is 11.1. The van der Waals surface area contributed by atoms with E-state index >= 15 is 0 Å². The van der Waals surface area contributed by atoms with E-state index in [1.807, 2.05) is 25.1 Å². The molecule has 1 atom stereocenters. The number of hydrogen-bond acceptors (Lipinski definition) is 3. The van der Waals surface area contributed by atoms with E-state index in [0.29, 0.717) is 19.4 Å². The second kappa shape index (κ2) is 5.65. The molecule has 0 aromatic heterocycles. The molecule has 0 spiro atoms. The number of hydrogen-bond donors (Lipinski definition) is 2. The molecule has 0 aliphatic carbocycles. The Hall–Kier alpha value is -1.49. The highest BCUT2D eigenvalue weighted by molar-refractivity contribution is 7.81. The number of nitrogens with zero attached hydrogens (tertiary/aromatic N) is 1. The van der Waals surface area contributed by atoms with E-state index in [-0.39, 0.29) is 17.1 Å². The van der Waals surface area contributed by atoms with Gasteiger partial charge < -0.3 is 10.2 Å². The molecule has 19 heavy (non-hydrogen) atoms. The minimum atomic E-state index is -0.0328. The van der Waals surface area contributed by atoms with Crippen molar-refractivity contribution in [2.45, 2.75) is 31.9 Å². The van der Waals surface area contributed by atoms with Gasteiger partial charge in [0.05, 0.1) is 0 Å². The number of carbonyl (C=O) groups is 2. The van der Waals surface area contributed by atoms with Crippen molar-refractivity contribution >= 4 is 35.8 Å². The molecule has 2 rings (SSSR count). The van der Waals surface area contributed by atoms with Crippen LogP contribution in [-0.4, -0.2) is 23.6 Å². The molecule has 1 aromatic rings. The van der Waals surface area contributed by atoms with Crippen molar-refractivity contribution in [3.8, 4) is 0 Å². The Morgan fingerprint density at radius 1 is 1.53 bits per heavy atom. The van der Waals surface area contributed by atoms with Gasteiger partial charge in [-0.05, 0) is 24.6 Å². The Labute approximate surface area is 118 Å². The van der Waals surface area contributed by atoms with Crippen LogP contribution in [-0.2, 0) is 9.59 Å². The van der Waals surface area contributed by atoms with Gasteiger partial charge in [-0.15, -0.1) is 0 Å². The van der Waals surface area contributed by atoms with Crippen LogP contribution in [0, 0.1) is 6.92 Å². The first kappa shape index (κ1) is 13.9. The summed E-state index contributed by atoms with van der Waals surface area (Å²) in [5.41, 5.74) is 2.60. The summed E-state index contributed by atoms with van der Waals surface area (Å²) in [6.07, 6.45) is 0.901. The van der Waals surface area contributed by atoms with Crippen LogP contribution in [0.15, 0.2) is 18.2 Å². The molecule has 1 aromatic carbocycles. The molecule has 1 heterocycles. The average Bonchev–Trinajstić information content (AvgIpc) is 2.70. The summed E-state index contributed by atoms with van der Waals surface area (Å²) in [6.45, 7) is 4.38. The summed E-state index contributed by atoms with van der Waals surface area (Å²) in [5, 5.41) is 2.90. The highest BCUT2D eigenvalue weighted by Crippen LogP contribution is 2.29. The van der Waals surface area contributed by atoms with Crippen LogP contribution in [0.4, 0.5) is 11.4 Å². The van der Waals surface area contributed by atoms with Crippen molar-refractivity contribution in [3.05, 3.63) is 23.8 Å². The van der Waals surface area contributed by atoms with E-state index in [2.05, 4.69) is 17.9 Å². The van der Waals surface area contributed by atoms with Crippen LogP contribution in [0.1, 0.15) is 25.3 Å². The standard InChI is InChI=1S/C14H18N2O2S/c1-3-13(17)15-10-5-4-9(2)12(6-10)16-8-11(19)7-14(16)18/h4-6,11,19H,3,7-8H2,1-2H3,(H,15,17). The van der Waals surface area contributed by atoms with Gasteiger partial charge in [0.1, 0.15) is 0 Å². The van der Waals surface area contributed by atoms with E-state index < -0.39 is 0 Å². The lowest BCUT2D eigenvalue weighted by atomic mass is 10.1. The Morgan fingerprint density at radius 2 is 2.26 bits per heavy atom. The molecule has 1 unspecified atom stereocenters. The SMILES string of the molecule is CCC(=O)Nc1ccc(C)c(N2CC(S)CC2=O)c1. The Morgan fingerprint density at radius 3 is 2.84 bits per heavy atom. The summed E-state index contributed by atoms with van der Waals surface area (Å²) in [4.78, 5) is 25.1. The first-order valence-corrected chi connectivity index (χ1v) is 6.92. The quantitative estimate of drug-likeness (QED) is 0.834. The zero-order chi connectivity index (χ0) is 14.0. The molecule has 0 bridgehead atoms. The Bertz CT molecular complexity index is 516. The van der Waals surface area contributed by atoms with Gasteiger partial charge in [-0.3, -0.25) is 9.59 Å². The fraction of sp³-hybridized carbons (Fsp3) is 0.429. The predicted molar refractivity (Wildman–Crippen MR) is 79.8 cm³/mol. The first-order chi connectivity index (χ1) is 9.01. The lowest BCUT2D eigenvalue weighted by Gasteiger charge is -2.19. The molecule has 5 heteroatoms. The molecule has 1 aliphatic rings. The molecule has 0 radical (unpaired) electrons. The summed E-state index contributed by atoms with van der Waals surface area (Å²) in [5.74, 6) is 0.0525. The maximum absolute atomic E-state index is 11.9. The highest BCUT2D eigenvalue weighted by Gasteiger charge is 2.29. The van der Waals surface area contributed by atoms with Gasteiger partial charge in [0.15, 0.2) is 0 Å². The number of amides is 2. The third-order valence-electron chi connectivity index (χ3n) is 3.21. The lowest BCUT2D eigenvalue weighted by Crippen LogP contribution is -2.25. The van der Waals surface area contributed by atoms with Crippen molar-refractivity contribution in [2.24, 2.45) is 0 Å². The normalized spacial score (nSPS) is 18.8. The van der Waals surface area contributed by atoms with E-state index in [9.17, 15) is 9.59 Å². The second-order valence-electron chi connectivity index (χ2n) is 4.77. The molecule has 1 saturated heterocycles. The van der Waals surface area contributed by atoms with Crippen LogP contribution in [0.3, 0.4) is 0 Å². The van der Waals surface area contributed by atoms with Crippen LogP contribution in [0.2, 0.25) is 0 Å². The van der Waals surface area contributed by atoms with Gasteiger partial charge in [0, 0.05) is 36.0 Å². The Balaban J connectivity index is 2.27. The van der Waals surface area contributed by atoms with E-state index in [4.69, 9.17) is 0 Å². The molecule has 1 aliphatic heterocycles. The van der Waals surface area contributed by atoms with Crippen molar-refractivity contribution in [2.75, 3.05) is 16.8 Å². The van der Waals surface area contributed by atoms with Crippen molar-refractivity contribution < 1.29 is 9.59 Å². The number of anilines is 2. The van der Waals surface area contributed by atoms with Crippen molar-refractivity contribution in [1.29, 1.82) is 0 Å². The third-order valence-corrected chi connectivity index (χ3v) is 3.56. The summed E-state index contributed by atoms with van der Waals surface area (Å²) >= 11 is 4.36. The minimum Gasteiger partial charge on any atom is -0.326 e. The number of aryl methyl sites for hydroxylation is 1. The van der Waals surface area contributed by atoms with E-state index in [1.54, 1.807) is 11.8 Å². The Kier molecular flexibility index (Phi) is 4.14. The van der Waals surface area contributed by atoms with Crippen LogP contribution in [0.25, 0.3) is 0 Å². The van der Waals surface area contributed by atoms with Gasteiger partial charge >= 0.3 is 0 Å². The number of thiol groups is 1. The molecule has 1 fully saturated rings. The minimum absolute atomic E-state index is 0.0328. The molecular formula is C14H18N2O2S. The molecule has 2 amide bonds. The summed E-state index contributed by atoms with van der Waals surface area (Å²) < 4.78 is 0. The van der Waals surface area contributed by atoms with Crippen LogP contribution < -0.4 is 10.2 Å². The van der Waals surface area contributed by atoms with Gasteiger partial charge in [-0.2, -0.15) is 12.6 Å². The highest BCUT2D eigenvalue weighted by atomic mass is 32.1. The lowest BCUT2D eigenvalue weighted by molar-refractivity contribution is -0.117. The van der Waals surface area contributed by atoms with Crippen molar-refractivity contribution in [3.63, 3.8) is 0 Å². The molecule has 0 saturated carbocycles.